The molecule has 0 aliphatic carbocycles. The summed E-state index contributed by atoms with van der Waals surface area (Å²) in [5, 5.41) is 5.83. The Morgan fingerprint density at radius 3 is 2.00 bits per heavy atom. The number of amides is 2. The summed E-state index contributed by atoms with van der Waals surface area (Å²) in [6, 6.07) is 4.95. The van der Waals surface area contributed by atoms with Crippen molar-refractivity contribution in [3.63, 3.8) is 0 Å². The summed E-state index contributed by atoms with van der Waals surface area (Å²) in [6.07, 6.45) is 1.66. The Morgan fingerprint density at radius 1 is 0.943 bits per heavy atom. The molecule has 35 heavy (non-hydrogen) atoms. The quantitative estimate of drug-likeness (QED) is 0.493. The van der Waals surface area contributed by atoms with Crippen molar-refractivity contribution in [3.05, 3.63) is 23.8 Å². The van der Waals surface area contributed by atoms with Gasteiger partial charge in [0.25, 0.3) is 0 Å². The SMILES string of the molecule is COc1cc(C[C@@H](NC(C)=O)C(=O)NC2CCN(c3nc(OC)nc(OC)n3)CC2)cc(OC)c1. The highest BCUT2D eigenvalue weighted by Gasteiger charge is 2.27. The van der Waals surface area contributed by atoms with Gasteiger partial charge in [0.05, 0.1) is 28.4 Å². The molecule has 1 atom stereocenters. The number of nitrogens with one attached hydrogen (secondary N) is 2. The summed E-state index contributed by atoms with van der Waals surface area (Å²) in [7, 11) is 6.08. The van der Waals surface area contributed by atoms with Crippen molar-refractivity contribution in [3.8, 4) is 23.5 Å². The average molecular weight is 489 g/mol. The van der Waals surface area contributed by atoms with Crippen molar-refractivity contribution in [1.29, 1.82) is 0 Å². The highest BCUT2D eigenvalue weighted by Crippen LogP contribution is 2.24. The van der Waals surface area contributed by atoms with Crippen LogP contribution in [0.1, 0.15) is 25.3 Å². The Hall–Kier alpha value is -3.83. The number of methoxy groups -OCH3 is 4. The van der Waals surface area contributed by atoms with Crippen LogP contribution in [0.15, 0.2) is 18.2 Å². The van der Waals surface area contributed by atoms with Crippen LogP contribution in [-0.2, 0) is 16.0 Å². The molecule has 2 N–H and O–H groups in total. The molecule has 0 unspecified atom stereocenters. The van der Waals surface area contributed by atoms with E-state index in [2.05, 4.69) is 25.6 Å². The van der Waals surface area contributed by atoms with Gasteiger partial charge in [-0.1, -0.05) is 0 Å². The number of carbonyl (C=O) groups is 2. The van der Waals surface area contributed by atoms with E-state index in [9.17, 15) is 9.59 Å². The summed E-state index contributed by atoms with van der Waals surface area (Å²) in [6.45, 7) is 2.64. The standard InChI is InChI=1S/C23H32N6O6/c1-14(30)24-19(12-15-10-17(32-2)13-18(11-15)33-3)20(31)25-16-6-8-29(9-7-16)21-26-22(34-4)28-23(27-21)35-5/h10-11,13,16,19H,6-9,12H2,1-5H3,(H,24,30)(H,25,31)/t19-/m1/s1. The van der Waals surface area contributed by atoms with Gasteiger partial charge in [-0.25, -0.2) is 0 Å². The van der Waals surface area contributed by atoms with Crippen LogP contribution in [0.4, 0.5) is 5.95 Å². The van der Waals surface area contributed by atoms with Crippen LogP contribution in [0.25, 0.3) is 0 Å². The van der Waals surface area contributed by atoms with Gasteiger partial charge in [-0.2, -0.15) is 9.97 Å². The monoisotopic (exact) mass is 488 g/mol. The van der Waals surface area contributed by atoms with Crippen molar-refractivity contribution in [2.75, 3.05) is 46.4 Å². The van der Waals surface area contributed by atoms with Crippen LogP contribution in [0.2, 0.25) is 0 Å². The van der Waals surface area contributed by atoms with Gasteiger partial charge in [-0.15, -0.1) is 4.98 Å². The summed E-state index contributed by atoms with van der Waals surface area (Å²) in [4.78, 5) is 39.5. The van der Waals surface area contributed by atoms with Gasteiger partial charge in [-0.3, -0.25) is 9.59 Å². The minimum absolute atomic E-state index is 0.0551. The molecule has 12 nitrogen and oxygen atoms in total. The molecule has 0 spiro atoms. The maximum absolute atomic E-state index is 13.1. The Kier molecular flexibility index (Phi) is 8.87. The van der Waals surface area contributed by atoms with Crippen LogP contribution >= 0.6 is 0 Å². The first-order valence-corrected chi connectivity index (χ1v) is 11.2. The van der Waals surface area contributed by atoms with Crippen molar-refractivity contribution in [2.24, 2.45) is 0 Å². The number of carbonyl (C=O) groups excluding carboxylic acids is 2. The van der Waals surface area contributed by atoms with E-state index in [1.165, 1.54) is 21.1 Å². The van der Waals surface area contributed by atoms with Crippen LogP contribution in [0.5, 0.6) is 23.5 Å². The topological polar surface area (TPSA) is 137 Å². The average Bonchev–Trinajstić information content (AvgIpc) is 2.87. The lowest BCUT2D eigenvalue weighted by molar-refractivity contribution is -0.128. The number of benzene rings is 1. The number of hydrogen-bond acceptors (Lipinski definition) is 10. The van der Waals surface area contributed by atoms with Gasteiger partial charge < -0.3 is 34.5 Å². The number of nitrogens with zero attached hydrogens (tertiary/aromatic N) is 4. The van der Waals surface area contributed by atoms with Crippen LogP contribution in [-0.4, -0.2) is 80.4 Å². The fraction of sp³-hybridized carbons (Fsp3) is 0.522. The van der Waals surface area contributed by atoms with E-state index in [0.29, 0.717) is 49.8 Å². The predicted octanol–water partition coefficient (Wildman–Crippen LogP) is 0.738. The highest BCUT2D eigenvalue weighted by molar-refractivity contribution is 5.87. The summed E-state index contributed by atoms with van der Waals surface area (Å²) < 4.78 is 20.9. The zero-order chi connectivity index (χ0) is 25.4. The molecule has 1 aliphatic rings. The maximum atomic E-state index is 13.1. The minimum Gasteiger partial charge on any atom is -0.497 e. The van der Waals surface area contributed by atoms with Crippen molar-refractivity contribution >= 4 is 17.8 Å². The molecule has 0 saturated carbocycles. The van der Waals surface area contributed by atoms with E-state index < -0.39 is 6.04 Å². The van der Waals surface area contributed by atoms with Crippen molar-refractivity contribution in [2.45, 2.75) is 38.3 Å². The third kappa shape index (κ3) is 7.08. The second-order valence-corrected chi connectivity index (χ2v) is 8.06. The van der Waals surface area contributed by atoms with Gasteiger partial charge in [-0.05, 0) is 30.5 Å². The number of anilines is 1. The Bertz CT molecular complexity index is 983. The van der Waals surface area contributed by atoms with E-state index in [1.807, 2.05) is 17.0 Å². The van der Waals surface area contributed by atoms with E-state index >= 15 is 0 Å². The number of aromatic nitrogens is 3. The molecule has 2 aromatic rings. The number of rotatable bonds is 10. The first kappa shape index (κ1) is 25.8. The van der Waals surface area contributed by atoms with Gasteiger partial charge in [0.1, 0.15) is 17.5 Å². The fourth-order valence-electron chi connectivity index (χ4n) is 3.85. The van der Waals surface area contributed by atoms with E-state index in [0.717, 1.165) is 5.56 Å². The molecular formula is C23H32N6O6. The van der Waals surface area contributed by atoms with Gasteiger partial charge in [0.2, 0.25) is 17.8 Å². The molecule has 1 aromatic carbocycles. The highest BCUT2D eigenvalue weighted by atomic mass is 16.5. The second kappa shape index (κ2) is 12.0. The first-order chi connectivity index (χ1) is 16.8. The Morgan fingerprint density at radius 2 is 1.51 bits per heavy atom. The van der Waals surface area contributed by atoms with E-state index in [1.54, 1.807) is 20.3 Å². The lowest BCUT2D eigenvalue weighted by Crippen LogP contribution is -2.52. The number of hydrogen-bond donors (Lipinski definition) is 2. The van der Waals surface area contributed by atoms with E-state index in [-0.39, 0.29) is 29.9 Å². The van der Waals surface area contributed by atoms with Crippen LogP contribution < -0.4 is 34.5 Å². The molecular weight excluding hydrogens is 456 g/mol. The van der Waals surface area contributed by atoms with Gasteiger partial charge in [0, 0.05) is 38.5 Å². The molecule has 0 bridgehead atoms. The van der Waals surface area contributed by atoms with Crippen molar-refractivity contribution < 1.29 is 28.5 Å². The number of ether oxygens (including phenoxy) is 4. The Balaban J connectivity index is 1.64. The number of piperidine rings is 1. The third-order valence-corrected chi connectivity index (χ3v) is 5.62. The summed E-state index contributed by atoms with van der Waals surface area (Å²) >= 11 is 0. The molecule has 1 aliphatic heterocycles. The zero-order valence-corrected chi connectivity index (χ0v) is 20.7. The largest absolute Gasteiger partial charge is 0.497 e. The minimum atomic E-state index is -0.737. The lowest BCUT2D eigenvalue weighted by Gasteiger charge is -2.33. The third-order valence-electron chi connectivity index (χ3n) is 5.62. The molecule has 2 amide bonds. The maximum Gasteiger partial charge on any atom is 0.324 e. The summed E-state index contributed by atoms with van der Waals surface area (Å²) in [5.74, 6) is 1.15. The molecule has 3 rings (SSSR count). The summed E-state index contributed by atoms with van der Waals surface area (Å²) in [5.41, 5.74) is 0.808. The molecule has 190 valence electrons. The Labute approximate surface area is 204 Å². The van der Waals surface area contributed by atoms with Crippen LogP contribution in [0, 0.1) is 0 Å². The van der Waals surface area contributed by atoms with Gasteiger partial charge in [0.15, 0.2) is 0 Å². The molecule has 2 heterocycles. The fourth-order valence-corrected chi connectivity index (χ4v) is 3.85. The molecule has 1 aromatic heterocycles. The van der Waals surface area contributed by atoms with E-state index in [4.69, 9.17) is 18.9 Å². The zero-order valence-electron chi connectivity index (χ0n) is 20.7. The predicted molar refractivity (Wildman–Crippen MR) is 127 cm³/mol. The second-order valence-electron chi connectivity index (χ2n) is 8.06. The normalized spacial score (nSPS) is 14.6. The molecule has 1 fully saturated rings. The first-order valence-electron chi connectivity index (χ1n) is 11.2. The van der Waals surface area contributed by atoms with Crippen LogP contribution in [0.3, 0.4) is 0 Å². The van der Waals surface area contributed by atoms with Gasteiger partial charge >= 0.3 is 12.0 Å². The van der Waals surface area contributed by atoms with Crippen molar-refractivity contribution in [1.82, 2.24) is 25.6 Å². The molecule has 12 heteroatoms. The molecule has 1 saturated heterocycles. The smallest absolute Gasteiger partial charge is 0.324 e. The molecule has 0 radical (unpaired) electrons. The lowest BCUT2D eigenvalue weighted by atomic mass is 10.0.